The fourth-order valence-electron chi connectivity index (χ4n) is 3.54. The number of Topliss-reactive ketones (excluding diaryl/α,β-unsaturated/α-hetero) is 1. The highest BCUT2D eigenvalue weighted by molar-refractivity contribution is 6.08. The van der Waals surface area contributed by atoms with Gasteiger partial charge in [-0.05, 0) is 32.1 Å². The quantitative estimate of drug-likeness (QED) is 0.618. The van der Waals surface area contributed by atoms with Crippen LogP contribution in [-0.4, -0.2) is 46.8 Å². The van der Waals surface area contributed by atoms with Gasteiger partial charge < -0.3 is 10.1 Å². The summed E-state index contributed by atoms with van der Waals surface area (Å²) in [7, 11) is 0. The summed E-state index contributed by atoms with van der Waals surface area (Å²) in [4.78, 5) is 48.9. The van der Waals surface area contributed by atoms with Gasteiger partial charge in [0.05, 0.1) is 0 Å². The lowest BCUT2D eigenvalue weighted by molar-refractivity contribution is -0.158. The van der Waals surface area contributed by atoms with Crippen molar-refractivity contribution in [3.05, 3.63) is 0 Å². The molecule has 0 radical (unpaired) electrons. The first-order valence-corrected chi connectivity index (χ1v) is 7.88. The molecular weight excluding hydrogens is 288 g/mol. The number of ether oxygens (including phenoxy) is 1. The van der Waals surface area contributed by atoms with Crippen LogP contribution < -0.4 is 5.32 Å². The lowest BCUT2D eigenvalue weighted by Crippen LogP contribution is -2.44. The molecule has 120 valence electrons. The molecule has 22 heavy (non-hydrogen) atoms. The topological polar surface area (TPSA) is 92.8 Å². The van der Waals surface area contributed by atoms with Crippen molar-refractivity contribution in [3.63, 3.8) is 0 Å². The molecule has 0 unspecified atom stereocenters. The number of amides is 3. The van der Waals surface area contributed by atoms with E-state index >= 15 is 0 Å². The van der Waals surface area contributed by atoms with Crippen molar-refractivity contribution in [3.8, 4) is 0 Å². The summed E-state index contributed by atoms with van der Waals surface area (Å²) < 4.78 is 5.15. The van der Waals surface area contributed by atoms with Crippen molar-refractivity contribution in [2.75, 3.05) is 6.54 Å². The highest BCUT2D eigenvalue weighted by Gasteiger charge is 2.52. The molecule has 7 nitrogen and oxygen atoms in total. The third-order valence-corrected chi connectivity index (χ3v) is 4.76. The smallest absolute Gasteiger partial charge is 0.326 e. The van der Waals surface area contributed by atoms with Crippen LogP contribution in [0.3, 0.4) is 0 Å². The lowest BCUT2D eigenvalue weighted by atomic mass is 9.96. The van der Waals surface area contributed by atoms with Gasteiger partial charge in [-0.3, -0.25) is 19.3 Å². The number of rotatable bonds is 3. The summed E-state index contributed by atoms with van der Waals surface area (Å²) in [6, 6.07) is -0.543. The minimum atomic E-state index is -0.821. The third-order valence-electron chi connectivity index (χ3n) is 4.76. The molecule has 3 aliphatic rings. The minimum Gasteiger partial charge on any atom is -0.453 e. The molecule has 1 saturated heterocycles. The van der Waals surface area contributed by atoms with Crippen LogP contribution in [0.15, 0.2) is 0 Å². The number of hydrogen-bond acceptors (Lipinski definition) is 5. The van der Waals surface area contributed by atoms with Crippen molar-refractivity contribution in [1.29, 1.82) is 0 Å². The van der Waals surface area contributed by atoms with E-state index in [9.17, 15) is 19.2 Å². The van der Waals surface area contributed by atoms with Crippen LogP contribution in [0.2, 0.25) is 0 Å². The van der Waals surface area contributed by atoms with E-state index in [1.54, 1.807) is 0 Å². The van der Waals surface area contributed by atoms with E-state index in [4.69, 9.17) is 4.74 Å². The first-order valence-electron chi connectivity index (χ1n) is 7.88. The van der Waals surface area contributed by atoms with E-state index in [2.05, 4.69) is 5.32 Å². The number of hydrogen-bond donors (Lipinski definition) is 1. The standard InChI is InChI=1S/C15H20N2O5/c18-10-5-1-2-6-11(10)22-12(19)9-17-13(20)15(16-14(17)21)7-3-4-8-15/h11H,1-9H2,(H,16,21)/t11-/m1/s1. The van der Waals surface area contributed by atoms with Crippen molar-refractivity contribution in [2.24, 2.45) is 0 Å². The number of ketones is 1. The molecule has 0 aromatic carbocycles. The number of imide groups is 1. The molecule has 1 aliphatic heterocycles. The zero-order valence-corrected chi connectivity index (χ0v) is 12.4. The molecule has 0 bridgehead atoms. The summed E-state index contributed by atoms with van der Waals surface area (Å²) in [6.45, 7) is -0.420. The Bertz CT molecular complexity index is 524. The molecular formula is C15H20N2O5. The zero-order valence-electron chi connectivity index (χ0n) is 12.4. The number of nitrogens with one attached hydrogen (secondary N) is 1. The van der Waals surface area contributed by atoms with Crippen LogP contribution in [0.5, 0.6) is 0 Å². The Hall–Kier alpha value is -1.92. The Morgan fingerprint density at radius 1 is 1.18 bits per heavy atom. The van der Waals surface area contributed by atoms with Crippen molar-refractivity contribution in [2.45, 2.75) is 63.0 Å². The Balaban J connectivity index is 1.60. The molecule has 1 N–H and O–H groups in total. The zero-order chi connectivity index (χ0) is 15.7. The van der Waals surface area contributed by atoms with Crippen LogP contribution in [0, 0.1) is 0 Å². The molecule has 7 heteroatoms. The van der Waals surface area contributed by atoms with Crippen LogP contribution in [0.1, 0.15) is 51.4 Å². The Labute approximate surface area is 128 Å². The van der Waals surface area contributed by atoms with E-state index in [0.717, 1.165) is 30.6 Å². The van der Waals surface area contributed by atoms with Gasteiger partial charge in [0.25, 0.3) is 5.91 Å². The van der Waals surface area contributed by atoms with Crippen LogP contribution in [0.4, 0.5) is 4.79 Å². The number of carbonyl (C=O) groups excluding carboxylic acids is 4. The average molecular weight is 308 g/mol. The van der Waals surface area contributed by atoms with Gasteiger partial charge in [0, 0.05) is 6.42 Å². The van der Waals surface area contributed by atoms with Crippen LogP contribution in [0.25, 0.3) is 0 Å². The first-order chi connectivity index (χ1) is 10.5. The molecule has 3 fully saturated rings. The maximum atomic E-state index is 12.4. The molecule has 3 rings (SSSR count). The first kappa shape index (κ1) is 15.0. The van der Waals surface area contributed by atoms with Gasteiger partial charge in [-0.15, -0.1) is 0 Å². The summed E-state index contributed by atoms with van der Waals surface area (Å²) in [6.07, 6.45) is 4.90. The predicted octanol–water partition coefficient (Wildman–Crippen LogP) is 0.906. The lowest BCUT2D eigenvalue weighted by Gasteiger charge is -2.22. The summed E-state index contributed by atoms with van der Waals surface area (Å²) in [5, 5.41) is 2.71. The highest BCUT2D eigenvalue weighted by Crippen LogP contribution is 2.35. The SMILES string of the molecule is O=C(CN1C(=O)NC2(CCCC2)C1=O)O[C@@H]1CCCCC1=O. The second-order valence-electron chi connectivity index (χ2n) is 6.30. The number of urea groups is 1. The van der Waals surface area contributed by atoms with E-state index in [1.165, 1.54) is 0 Å². The minimum absolute atomic E-state index is 0.0796. The third kappa shape index (κ3) is 2.60. The predicted molar refractivity (Wildman–Crippen MR) is 74.8 cm³/mol. The molecule has 0 aromatic heterocycles. The van der Waals surface area contributed by atoms with Crippen molar-refractivity contribution < 1.29 is 23.9 Å². The maximum absolute atomic E-state index is 12.4. The van der Waals surface area contributed by atoms with E-state index in [1.807, 2.05) is 0 Å². The van der Waals surface area contributed by atoms with Gasteiger partial charge >= 0.3 is 12.0 Å². The number of esters is 1. The van der Waals surface area contributed by atoms with Gasteiger partial charge in [0.1, 0.15) is 12.1 Å². The van der Waals surface area contributed by atoms with Gasteiger partial charge in [-0.25, -0.2) is 4.79 Å². The Kier molecular flexibility index (Phi) is 3.88. The van der Waals surface area contributed by atoms with Crippen molar-refractivity contribution in [1.82, 2.24) is 10.2 Å². The monoisotopic (exact) mass is 308 g/mol. The van der Waals surface area contributed by atoms with E-state index < -0.39 is 30.2 Å². The molecule has 0 aromatic rings. The fourth-order valence-corrected chi connectivity index (χ4v) is 3.54. The Morgan fingerprint density at radius 3 is 2.59 bits per heavy atom. The van der Waals surface area contributed by atoms with Crippen LogP contribution >= 0.6 is 0 Å². The molecule has 2 saturated carbocycles. The summed E-state index contributed by atoms with van der Waals surface area (Å²) in [5.74, 6) is -1.12. The van der Waals surface area contributed by atoms with E-state index in [-0.39, 0.29) is 11.7 Å². The molecule has 1 heterocycles. The largest absolute Gasteiger partial charge is 0.453 e. The average Bonchev–Trinajstić information content (AvgIpc) is 3.03. The maximum Gasteiger partial charge on any atom is 0.326 e. The molecule has 3 amide bonds. The van der Waals surface area contributed by atoms with E-state index in [0.29, 0.717) is 25.7 Å². The molecule has 2 aliphatic carbocycles. The molecule has 1 spiro atoms. The second-order valence-corrected chi connectivity index (χ2v) is 6.30. The van der Waals surface area contributed by atoms with Gasteiger partial charge in [-0.1, -0.05) is 12.8 Å². The number of nitrogens with zero attached hydrogens (tertiary/aromatic N) is 1. The van der Waals surface area contributed by atoms with Gasteiger partial charge in [-0.2, -0.15) is 0 Å². The second kappa shape index (κ2) is 5.70. The van der Waals surface area contributed by atoms with Gasteiger partial charge in [0.15, 0.2) is 11.9 Å². The normalized spacial score (nSPS) is 27.4. The summed E-state index contributed by atoms with van der Waals surface area (Å²) >= 11 is 0. The van der Waals surface area contributed by atoms with Crippen LogP contribution in [-0.2, 0) is 19.1 Å². The number of carbonyl (C=O) groups is 4. The van der Waals surface area contributed by atoms with Crippen molar-refractivity contribution >= 4 is 23.7 Å². The fraction of sp³-hybridized carbons (Fsp3) is 0.733. The van der Waals surface area contributed by atoms with Gasteiger partial charge in [0.2, 0.25) is 0 Å². The molecule has 1 atom stereocenters. The summed E-state index contributed by atoms with van der Waals surface area (Å²) in [5.41, 5.74) is -0.821. The Morgan fingerprint density at radius 2 is 1.91 bits per heavy atom. The highest BCUT2D eigenvalue weighted by atomic mass is 16.5.